The van der Waals surface area contributed by atoms with E-state index in [4.69, 9.17) is 0 Å². The van der Waals surface area contributed by atoms with E-state index in [-0.39, 0.29) is 11.3 Å². The summed E-state index contributed by atoms with van der Waals surface area (Å²) in [6.45, 7) is 9.35. The summed E-state index contributed by atoms with van der Waals surface area (Å²) >= 11 is 0. The highest BCUT2D eigenvalue weighted by Gasteiger charge is 2.28. The minimum absolute atomic E-state index is 0.126. The first-order valence-electron chi connectivity index (χ1n) is 7.88. The summed E-state index contributed by atoms with van der Waals surface area (Å²) in [6.07, 6.45) is 1.65. The maximum atomic E-state index is 12.7. The lowest BCUT2D eigenvalue weighted by molar-refractivity contribution is -0.120. The Morgan fingerprint density at radius 1 is 1.38 bits per heavy atom. The normalized spacial score (nSPS) is 20.6. The van der Waals surface area contributed by atoms with Crippen LogP contribution in [-0.4, -0.2) is 17.6 Å². The standard InChI is InChI=1S/C18H27NO2/c1-13(18(2,3)4)12-17(21)19-11-7-10-16(20)14-8-5-6-9-15(14)19/h5-6,8-9,13,16,20H,7,10-12H2,1-4H3. The molecule has 0 bridgehead atoms. The van der Waals surface area contributed by atoms with Crippen molar-refractivity contribution in [1.82, 2.24) is 0 Å². The summed E-state index contributed by atoms with van der Waals surface area (Å²) in [7, 11) is 0. The molecule has 0 radical (unpaired) electrons. The zero-order valence-corrected chi connectivity index (χ0v) is 13.6. The number of aliphatic hydroxyl groups is 1. The molecule has 1 aromatic carbocycles. The second-order valence-electron chi connectivity index (χ2n) is 7.23. The largest absolute Gasteiger partial charge is 0.388 e. The molecule has 1 aromatic rings. The van der Waals surface area contributed by atoms with Crippen LogP contribution in [0, 0.1) is 11.3 Å². The fourth-order valence-electron chi connectivity index (χ4n) is 2.67. The third-order valence-electron chi connectivity index (χ3n) is 4.71. The first kappa shape index (κ1) is 16.0. The molecule has 1 amide bonds. The Hall–Kier alpha value is -1.35. The Labute approximate surface area is 128 Å². The highest BCUT2D eigenvalue weighted by Crippen LogP contribution is 2.34. The summed E-state index contributed by atoms with van der Waals surface area (Å²) in [4.78, 5) is 14.6. The van der Waals surface area contributed by atoms with Crippen LogP contribution in [0.3, 0.4) is 0 Å². The van der Waals surface area contributed by atoms with E-state index in [2.05, 4.69) is 27.7 Å². The van der Waals surface area contributed by atoms with E-state index >= 15 is 0 Å². The van der Waals surface area contributed by atoms with Crippen molar-refractivity contribution >= 4 is 11.6 Å². The second kappa shape index (κ2) is 6.18. The van der Waals surface area contributed by atoms with Gasteiger partial charge in [-0.15, -0.1) is 0 Å². The molecule has 3 heteroatoms. The number of amides is 1. The van der Waals surface area contributed by atoms with Gasteiger partial charge in [-0.2, -0.15) is 0 Å². The molecule has 0 spiro atoms. The van der Waals surface area contributed by atoms with Crippen LogP contribution in [0.4, 0.5) is 5.69 Å². The zero-order chi connectivity index (χ0) is 15.6. The van der Waals surface area contributed by atoms with Crippen molar-refractivity contribution in [3.8, 4) is 0 Å². The molecular weight excluding hydrogens is 262 g/mol. The molecule has 0 aromatic heterocycles. The summed E-state index contributed by atoms with van der Waals surface area (Å²) in [5, 5.41) is 10.2. The van der Waals surface area contributed by atoms with E-state index in [0.717, 1.165) is 24.1 Å². The van der Waals surface area contributed by atoms with Crippen LogP contribution in [0.25, 0.3) is 0 Å². The lowest BCUT2D eigenvalue weighted by atomic mass is 9.80. The smallest absolute Gasteiger partial charge is 0.227 e. The SMILES string of the molecule is CC(CC(=O)N1CCCC(O)c2ccccc21)C(C)(C)C. The summed E-state index contributed by atoms with van der Waals surface area (Å²) in [5.74, 6) is 0.490. The van der Waals surface area contributed by atoms with Gasteiger partial charge in [-0.25, -0.2) is 0 Å². The zero-order valence-electron chi connectivity index (χ0n) is 13.6. The van der Waals surface area contributed by atoms with E-state index in [1.165, 1.54) is 0 Å². The van der Waals surface area contributed by atoms with Gasteiger partial charge in [0.2, 0.25) is 5.91 Å². The van der Waals surface area contributed by atoms with Gasteiger partial charge in [0.15, 0.2) is 0 Å². The van der Waals surface area contributed by atoms with Crippen LogP contribution in [-0.2, 0) is 4.79 Å². The summed E-state index contributed by atoms with van der Waals surface area (Å²) in [6, 6.07) is 7.74. The molecule has 1 heterocycles. The van der Waals surface area contributed by atoms with Crippen molar-refractivity contribution in [3.05, 3.63) is 29.8 Å². The highest BCUT2D eigenvalue weighted by molar-refractivity contribution is 5.94. The van der Waals surface area contributed by atoms with Gasteiger partial charge in [-0.1, -0.05) is 45.9 Å². The van der Waals surface area contributed by atoms with Gasteiger partial charge in [0.05, 0.1) is 6.10 Å². The molecule has 1 N–H and O–H groups in total. The molecule has 0 saturated carbocycles. The number of para-hydroxylation sites is 1. The van der Waals surface area contributed by atoms with Crippen molar-refractivity contribution in [2.45, 2.75) is 53.1 Å². The lowest BCUT2D eigenvalue weighted by Gasteiger charge is -2.30. The van der Waals surface area contributed by atoms with Crippen LogP contribution in [0.2, 0.25) is 0 Å². The van der Waals surface area contributed by atoms with Crippen molar-refractivity contribution < 1.29 is 9.90 Å². The molecule has 3 nitrogen and oxygen atoms in total. The van der Waals surface area contributed by atoms with Gasteiger partial charge >= 0.3 is 0 Å². The third kappa shape index (κ3) is 3.65. The Balaban J connectivity index is 2.23. The molecule has 0 saturated heterocycles. The fourth-order valence-corrected chi connectivity index (χ4v) is 2.67. The molecular formula is C18H27NO2. The van der Waals surface area contributed by atoms with Gasteiger partial charge in [-0.3, -0.25) is 4.79 Å². The monoisotopic (exact) mass is 289 g/mol. The van der Waals surface area contributed by atoms with Gasteiger partial charge in [0, 0.05) is 24.2 Å². The first-order chi connectivity index (χ1) is 9.80. The molecule has 1 aliphatic heterocycles. The molecule has 0 fully saturated rings. The Bertz CT molecular complexity index is 504. The molecule has 2 unspecified atom stereocenters. The van der Waals surface area contributed by atoms with Gasteiger partial charge in [0.25, 0.3) is 0 Å². The minimum atomic E-state index is -0.459. The van der Waals surface area contributed by atoms with Gasteiger partial charge < -0.3 is 10.0 Å². The molecule has 1 aliphatic rings. The molecule has 0 aliphatic carbocycles. The number of aliphatic hydroxyl groups excluding tert-OH is 1. The van der Waals surface area contributed by atoms with Crippen LogP contribution >= 0.6 is 0 Å². The van der Waals surface area contributed by atoms with E-state index in [1.807, 2.05) is 29.2 Å². The van der Waals surface area contributed by atoms with Gasteiger partial charge in [-0.05, 0) is 30.2 Å². The van der Waals surface area contributed by atoms with Gasteiger partial charge in [0.1, 0.15) is 0 Å². The van der Waals surface area contributed by atoms with Crippen molar-refractivity contribution in [3.63, 3.8) is 0 Å². The van der Waals surface area contributed by atoms with E-state index in [1.54, 1.807) is 0 Å². The van der Waals surface area contributed by atoms with Crippen LogP contribution in [0.15, 0.2) is 24.3 Å². The summed E-state index contributed by atoms with van der Waals surface area (Å²) in [5.41, 5.74) is 1.89. The predicted molar refractivity (Wildman–Crippen MR) is 86.2 cm³/mol. The first-order valence-corrected chi connectivity index (χ1v) is 7.88. The Kier molecular flexibility index (Phi) is 4.72. The number of anilines is 1. The maximum Gasteiger partial charge on any atom is 0.227 e. The second-order valence-corrected chi connectivity index (χ2v) is 7.23. The number of nitrogens with zero attached hydrogens (tertiary/aromatic N) is 1. The minimum Gasteiger partial charge on any atom is -0.388 e. The third-order valence-corrected chi connectivity index (χ3v) is 4.71. The fraction of sp³-hybridized carbons (Fsp3) is 0.611. The average molecular weight is 289 g/mol. The maximum absolute atomic E-state index is 12.7. The quantitative estimate of drug-likeness (QED) is 0.896. The number of hydrogen-bond acceptors (Lipinski definition) is 2. The average Bonchev–Trinajstić information content (AvgIpc) is 2.58. The number of carbonyl (C=O) groups is 1. The number of benzene rings is 1. The highest BCUT2D eigenvalue weighted by atomic mass is 16.3. The van der Waals surface area contributed by atoms with E-state index in [0.29, 0.717) is 18.9 Å². The van der Waals surface area contributed by atoms with Crippen LogP contribution in [0.1, 0.15) is 58.6 Å². The number of carbonyl (C=O) groups excluding carboxylic acids is 1. The Morgan fingerprint density at radius 3 is 2.71 bits per heavy atom. The van der Waals surface area contributed by atoms with Crippen LogP contribution in [0.5, 0.6) is 0 Å². The predicted octanol–water partition coefficient (Wildman–Crippen LogP) is 3.92. The number of fused-ring (bicyclic) bond motifs is 1. The topological polar surface area (TPSA) is 40.5 Å². The van der Waals surface area contributed by atoms with E-state index < -0.39 is 6.10 Å². The lowest BCUT2D eigenvalue weighted by Crippen LogP contribution is -2.34. The van der Waals surface area contributed by atoms with Crippen molar-refractivity contribution in [2.75, 3.05) is 11.4 Å². The number of hydrogen-bond donors (Lipinski definition) is 1. The Morgan fingerprint density at radius 2 is 2.05 bits per heavy atom. The number of rotatable bonds is 2. The molecule has 2 rings (SSSR count). The van der Waals surface area contributed by atoms with Crippen LogP contribution < -0.4 is 4.90 Å². The molecule has 2 atom stereocenters. The van der Waals surface area contributed by atoms with Crippen molar-refractivity contribution in [2.24, 2.45) is 11.3 Å². The molecule has 21 heavy (non-hydrogen) atoms. The summed E-state index contributed by atoms with van der Waals surface area (Å²) < 4.78 is 0. The van der Waals surface area contributed by atoms with Crippen molar-refractivity contribution in [1.29, 1.82) is 0 Å². The molecule has 116 valence electrons. The van der Waals surface area contributed by atoms with E-state index in [9.17, 15) is 9.90 Å².